The molecule has 0 saturated heterocycles. The standard InChI is InChI=1S/C18H18N2O3/c1-18(2)16-17(21)23-19-20(16)10-9-15(22-18)14-8-7-12-5-3-4-6-13(12)11-14/h3-8,11,15H,9-10H2,1-2H3/p+1. The third kappa shape index (κ3) is 2.37. The Balaban J connectivity index is 1.74. The van der Waals surface area contributed by atoms with Crippen LogP contribution in [0, 0.1) is 0 Å². The maximum Gasteiger partial charge on any atom is 0.433 e. The first-order valence-corrected chi connectivity index (χ1v) is 7.83. The van der Waals surface area contributed by atoms with E-state index in [0.717, 1.165) is 12.0 Å². The number of rotatable bonds is 1. The second kappa shape index (κ2) is 5.06. The highest BCUT2D eigenvalue weighted by atomic mass is 16.5. The van der Waals surface area contributed by atoms with Crippen LogP contribution in [0.25, 0.3) is 10.8 Å². The molecule has 118 valence electrons. The van der Waals surface area contributed by atoms with E-state index in [1.165, 1.54) is 10.8 Å². The second-order valence-electron chi connectivity index (χ2n) is 6.49. The Morgan fingerprint density at radius 1 is 1.17 bits per heavy atom. The van der Waals surface area contributed by atoms with Crippen molar-refractivity contribution >= 4 is 10.8 Å². The summed E-state index contributed by atoms with van der Waals surface area (Å²) in [6.45, 7) is 4.47. The van der Waals surface area contributed by atoms with E-state index in [9.17, 15) is 4.79 Å². The molecule has 0 radical (unpaired) electrons. The Morgan fingerprint density at radius 2 is 1.96 bits per heavy atom. The van der Waals surface area contributed by atoms with Crippen LogP contribution in [0.3, 0.4) is 0 Å². The number of aromatic amines is 1. The number of aromatic nitrogens is 2. The SMILES string of the molecule is CC1(C)OC(c2ccc3ccccc3c2)CC[n+]2[nH]oc(=O)c21. The highest BCUT2D eigenvalue weighted by molar-refractivity contribution is 5.83. The summed E-state index contributed by atoms with van der Waals surface area (Å²) < 4.78 is 13.0. The average molecular weight is 311 g/mol. The van der Waals surface area contributed by atoms with Gasteiger partial charge in [-0.2, -0.15) is 0 Å². The van der Waals surface area contributed by atoms with Gasteiger partial charge in [-0.05, 0) is 41.5 Å². The Labute approximate surface area is 133 Å². The number of hydrogen-bond donors (Lipinski definition) is 1. The van der Waals surface area contributed by atoms with Crippen molar-refractivity contribution < 1.29 is 13.9 Å². The van der Waals surface area contributed by atoms with Crippen LogP contribution in [-0.2, 0) is 16.9 Å². The third-order valence-electron chi connectivity index (χ3n) is 4.48. The van der Waals surface area contributed by atoms with E-state index in [0.29, 0.717) is 12.2 Å². The molecule has 5 heteroatoms. The smallest absolute Gasteiger partial charge is 0.356 e. The first-order valence-electron chi connectivity index (χ1n) is 7.83. The molecular formula is C18H19N2O3+. The van der Waals surface area contributed by atoms with Gasteiger partial charge in [-0.25, -0.2) is 4.79 Å². The molecule has 1 aromatic heterocycles. The predicted molar refractivity (Wildman–Crippen MR) is 84.9 cm³/mol. The molecule has 0 bridgehead atoms. The van der Waals surface area contributed by atoms with Gasteiger partial charge >= 0.3 is 11.3 Å². The fourth-order valence-corrected chi connectivity index (χ4v) is 3.39. The van der Waals surface area contributed by atoms with Gasteiger partial charge in [0.2, 0.25) is 0 Å². The van der Waals surface area contributed by atoms with Crippen molar-refractivity contribution in [3.8, 4) is 0 Å². The van der Waals surface area contributed by atoms with Gasteiger partial charge in [-0.3, -0.25) is 4.52 Å². The molecule has 0 aliphatic carbocycles. The van der Waals surface area contributed by atoms with Crippen molar-refractivity contribution in [2.24, 2.45) is 0 Å². The van der Waals surface area contributed by atoms with Crippen LogP contribution in [-0.4, -0.2) is 5.27 Å². The number of H-pyrrole nitrogens is 1. The maximum atomic E-state index is 12.0. The van der Waals surface area contributed by atoms with Crippen molar-refractivity contribution in [2.45, 2.75) is 38.5 Å². The van der Waals surface area contributed by atoms with Crippen molar-refractivity contribution in [1.82, 2.24) is 5.27 Å². The number of benzene rings is 2. The summed E-state index contributed by atoms with van der Waals surface area (Å²) >= 11 is 0. The van der Waals surface area contributed by atoms with Gasteiger partial charge in [0.05, 0.1) is 6.10 Å². The molecule has 1 aliphatic rings. The van der Waals surface area contributed by atoms with E-state index < -0.39 is 5.60 Å². The lowest BCUT2D eigenvalue weighted by Crippen LogP contribution is -2.45. The fraction of sp³-hybridized carbons (Fsp3) is 0.333. The topological polar surface area (TPSA) is 59.1 Å². The zero-order valence-corrected chi connectivity index (χ0v) is 13.2. The Kier molecular flexibility index (Phi) is 3.13. The van der Waals surface area contributed by atoms with E-state index in [-0.39, 0.29) is 11.7 Å². The number of fused-ring (bicyclic) bond motifs is 2. The van der Waals surface area contributed by atoms with Gasteiger partial charge in [0.15, 0.2) is 12.1 Å². The molecule has 0 spiro atoms. The van der Waals surface area contributed by atoms with Gasteiger partial charge in [-0.1, -0.05) is 41.1 Å². The highest BCUT2D eigenvalue weighted by Crippen LogP contribution is 2.34. The molecule has 2 heterocycles. The first-order chi connectivity index (χ1) is 11.0. The zero-order valence-electron chi connectivity index (χ0n) is 13.2. The Morgan fingerprint density at radius 3 is 2.78 bits per heavy atom. The summed E-state index contributed by atoms with van der Waals surface area (Å²) in [4.78, 5) is 12.0. The van der Waals surface area contributed by atoms with Gasteiger partial charge in [0.25, 0.3) is 0 Å². The highest BCUT2D eigenvalue weighted by Gasteiger charge is 2.43. The summed E-state index contributed by atoms with van der Waals surface area (Å²) in [5, 5.41) is 5.08. The minimum atomic E-state index is -0.715. The molecule has 2 aromatic carbocycles. The molecule has 3 aromatic rings. The number of aryl methyl sites for hydroxylation is 1. The van der Waals surface area contributed by atoms with Gasteiger partial charge < -0.3 is 4.74 Å². The van der Waals surface area contributed by atoms with Crippen LogP contribution in [0.4, 0.5) is 0 Å². The van der Waals surface area contributed by atoms with Crippen LogP contribution < -0.4 is 10.3 Å². The normalized spacial score (nSPS) is 20.2. The van der Waals surface area contributed by atoms with Crippen LogP contribution >= 0.6 is 0 Å². The fourth-order valence-electron chi connectivity index (χ4n) is 3.39. The largest absolute Gasteiger partial charge is 0.433 e. The lowest BCUT2D eigenvalue weighted by Gasteiger charge is -2.24. The third-order valence-corrected chi connectivity index (χ3v) is 4.48. The van der Waals surface area contributed by atoms with Crippen molar-refractivity contribution in [3.05, 3.63) is 64.1 Å². The Bertz CT molecular complexity index is 923. The minimum absolute atomic E-state index is 0.0673. The number of ether oxygens (including phenoxy) is 1. The molecule has 5 nitrogen and oxygen atoms in total. The molecular weight excluding hydrogens is 292 g/mol. The minimum Gasteiger partial charge on any atom is -0.356 e. The summed E-state index contributed by atoms with van der Waals surface area (Å²) in [5.41, 5.74) is 0.579. The quantitative estimate of drug-likeness (QED) is 0.703. The molecule has 0 fully saturated rings. The van der Waals surface area contributed by atoms with Crippen LogP contribution in [0.2, 0.25) is 0 Å². The van der Waals surface area contributed by atoms with Crippen LogP contribution in [0.1, 0.15) is 37.6 Å². The summed E-state index contributed by atoms with van der Waals surface area (Å²) in [6.07, 6.45) is 0.705. The summed E-state index contributed by atoms with van der Waals surface area (Å²) in [5.74, 6) is 0. The van der Waals surface area contributed by atoms with Gasteiger partial charge in [-0.15, -0.1) is 0 Å². The Hall–Kier alpha value is -2.40. The van der Waals surface area contributed by atoms with Crippen LogP contribution in [0.15, 0.2) is 51.8 Å². The zero-order chi connectivity index (χ0) is 16.0. The van der Waals surface area contributed by atoms with E-state index in [1.807, 2.05) is 26.0 Å². The maximum absolute atomic E-state index is 12.0. The first kappa shape index (κ1) is 14.2. The summed E-state index contributed by atoms with van der Waals surface area (Å²) in [6, 6.07) is 14.7. The van der Waals surface area contributed by atoms with Crippen molar-refractivity contribution in [3.63, 3.8) is 0 Å². The van der Waals surface area contributed by atoms with E-state index >= 15 is 0 Å². The van der Waals surface area contributed by atoms with Gasteiger partial charge in [0.1, 0.15) is 0 Å². The monoisotopic (exact) mass is 311 g/mol. The second-order valence-corrected chi connectivity index (χ2v) is 6.49. The molecule has 1 atom stereocenters. The molecule has 1 unspecified atom stereocenters. The molecule has 0 saturated carbocycles. The molecule has 1 N–H and O–H groups in total. The molecule has 23 heavy (non-hydrogen) atoms. The van der Waals surface area contributed by atoms with Gasteiger partial charge in [0, 0.05) is 6.42 Å². The molecule has 4 rings (SSSR count). The van der Waals surface area contributed by atoms with Crippen molar-refractivity contribution in [2.75, 3.05) is 0 Å². The number of nitrogens with one attached hydrogen (secondary N) is 1. The van der Waals surface area contributed by atoms with E-state index in [1.54, 1.807) is 4.68 Å². The van der Waals surface area contributed by atoms with E-state index in [4.69, 9.17) is 9.26 Å². The lowest BCUT2D eigenvalue weighted by molar-refractivity contribution is -0.770. The average Bonchev–Trinajstić information content (AvgIpc) is 2.85. The van der Waals surface area contributed by atoms with E-state index in [2.05, 4.69) is 35.6 Å². The number of nitrogens with zero attached hydrogens (tertiary/aromatic N) is 1. The summed E-state index contributed by atoms with van der Waals surface area (Å²) in [7, 11) is 0. The lowest BCUT2D eigenvalue weighted by atomic mass is 10.0. The number of hydrogen-bond acceptors (Lipinski definition) is 3. The van der Waals surface area contributed by atoms with Crippen LogP contribution in [0.5, 0.6) is 0 Å². The molecule has 1 aliphatic heterocycles. The van der Waals surface area contributed by atoms with Crippen molar-refractivity contribution in [1.29, 1.82) is 0 Å². The molecule has 0 amide bonds. The predicted octanol–water partition coefficient (Wildman–Crippen LogP) is 2.81.